The Morgan fingerprint density at radius 3 is 2.43 bits per heavy atom. The van der Waals surface area contributed by atoms with Crippen LogP contribution in [0.3, 0.4) is 0 Å². The molecule has 0 unspecified atom stereocenters. The molecule has 1 aromatic heterocycles. The normalized spacial score (nSPS) is 10.4. The topological polar surface area (TPSA) is 71.1 Å². The molecule has 0 radical (unpaired) electrons. The molecule has 0 aliphatic carbocycles. The Bertz CT molecular complexity index is 1030. The highest BCUT2D eigenvalue weighted by atomic mass is 19.1. The van der Waals surface area contributed by atoms with Crippen LogP contribution in [-0.4, -0.2) is 16.8 Å². The number of benzene rings is 2. The molecule has 1 heterocycles. The smallest absolute Gasteiger partial charge is 0.257 e. The van der Waals surface area contributed by atoms with Crippen LogP contribution in [-0.2, 0) is 6.54 Å². The summed E-state index contributed by atoms with van der Waals surface area (Å²) in [6.45, 7) is 3.94. The third kappa shape index (κ3) is 4.40. The molecule has 3 aromatic rings. The van der Waals surface area contributed by atoms with Crippen molar-refractivity contribution in [1.82, 2.24) is 10.3 Å². The van der Waals surface area contributed by atoms with Crippen LogP contribution in [0.1, 0.15) is 37.4 Å². The molecule has 5 nitrogen and oxygen atoms in total. The van der Waals surface area contributed by atoms with E-state index in [2.05, 4.69) is 15.6 Å². The van der Waals surface area contributed by atoms with Crippen molar-refractivity contribution in [2.75, 3.05) is 5.32 Å². The fraction of sp³-hybridized carbons (Fsp3) is 0.136. The zero-order chi connectivity index (χ0) is 20.1. The lowest BCUT2D eigenvalue weighted by Gasteiger charge is -2.11. The molecule has 0 aliphatic heterocycles. The van der Waals surface area contributed by atoms with E-state index < -0.39 is 5.91 Å². The number of halogens is 1. The second-order valence-corrected chi connectivity index (χ2v) is 6.44. The van der Waals surface area contributed by atoms with Gasteiger partial charge in [0, 0.05) is 30.2 Å². The molecule has 0 atom stereocenters. The van der Waals surface area contributed by atoms with Gasteiger partial charge in [-0.25, -0.2) is 4.39 Å². The van der Waals surface area contributed by atoms with Crippen LogP contribution in [0, 0.1) is 19.7 Å². The van der Waals surface area contributed by atoms with Crippen molar-refractivity contribution < 1.29 is 14.0 Å². The van der Waals surface area contributed by atoms with E-state index in [1.807, 2.05) is 32.0 Å². The van der Waals surface area contributed by atoms with Gasteiger partial charge in [-0.2, -0.15) is 0 Å². The standard InChI is InChI=1S/C22H20FN3O2/c1-14-6-5-9-20(15(14)2)26-22(28)18-10-17(11-24-12-18)21(27)25-13-16-7-3-4-8-19(16)23/h3-12H,13H2,1-2H3,(H,25,27)(H,26,28). The van der Waals surface area contributed by atoms with E-state index in [1.54, 1.807) is 18.2 Å². The van der Waals surface area contributed by atoms with Crippen LogP contribution in [0.2, 0.25) is 0 Å². The van der Waals surface area contributed by atoms with E-state index in [4.69, 9.17) is 0 Å². The van der Waals surface area contributed by atoms with Crippen LogP contribution >= 0.6 is 0 Å². The van der Waals surface area contributed by atoms with E-state index in [1.165, 1.54) is 24.5 Å². The van der Waals surface area contributed by atoms with Crippen molar-refractivity contribution in [2.45, 2.75) is 20.4 Å². The molecule has 2 aromatic carbocycles. The number of anilines is 1. The quantitative estimate of drug-likeness (QED) is 0.705. The molecule has 3 rings (SSSR count). The number of nitrogens with one attached hydrogen (secondary N) is 2. The van der Waals surface area contributed by atoms with Gasteiger partial charge in [0.25, 0.3) is 11.8 Å². The molecular weight excluding hydrogens is 357 g/mol. The summed E-state index contributed by atoms with van der Waals surface area (Å²) >= 11 is 0. The van der Waals surface area contributed by atoms with Gasteiger partial charge in [-0.3, -0.25) is 14.6 Å². The van der Waals surface area contributed by atoms with Crippen LogP contribution in [0.5, 0.6) is 0 Å². The summed E-state index contributed by atoms with van der Waals surface area (Å²) < 4.78 is 13.7. The molecule has 0 saturated carbocycles. The van der Waals surface area contributed by atoms with Crippen LogP contribution in [0.4, 0.5) is 10.1 Å². The lowest BCUT2D eigenvalue weighted by molar-refractivity contribution is 0.0950. The average Bonchev–Trinajstić information content (AvgIpc) is 2.70. The number of carbonyl (C=O) groups excluding carboxylic acids is 2. The zero-order valence-corrected chi connectivity index (χ0v) is 15.6. The summed E-state index contributed by atoms with van der Waals surface area (Å²) in [5.41, 5.74) is 3.62. The van der Waals surface area contributed by atoms with E-state index in [-0.39, 0.29) is 29.4 Å². The van der Waals surface area contributed by atoms with Gasteiger partial charge in [0.15, 0.2) is 0 Å². The molecule has 2 amide bonds. The Morgan fingerprint density at radius 2 is 1.68 bits per heavy atom. The van der Waals surface area contributed by atoms with Gasteiger partial charge in [0.1, 0.15) is 5.82 Å². The summed E-state index contributed by atoms with van der Waals surface area (Å²) in [5.74, 6) is -1.18. The van der Waals surface area contributed by atoms with Gasteiger partial charge in [0.05, 0.1) is 11.1 Å². The Hall–Kier alpha value is -3.54. The number of aryl methyl sites for hydroxylation is 1. The van der Waals surface area contributed by atoms with Crippen LogP contribution < -0.4 is 10.6 Å². The van der Waals surface area contributed by atoms with Crippen molar-refractivity contribution in [3.05, 3.63) is 94.6 Å². The van der Waals surface area contributed by atoms with Gasteiger partial charge in [-0.15, -0.1) is 0 Å². The Morgan fingerprint density at radius 1 is 0.964 bits per heavy atom. The Kier molecular flexibility index (Phi) is 5.79. The molecule has 6 heteroatoms. The molecule has 28 heavy (non-hydrogen) atoms. The Balaban J connectivity index is 1.70. The van der Waals surface area contributed by atoms with E-state index in [0.717, 1.165) is 11.1 Å². The molecular formula is C22H20FN3O2. The monoisotopic (exact) mass is 377 g/mol. The van der Waals surface area contributed by atoms with Gasteiger partial charge < -0.3 is 10.6 Å². The summed E-state index contributed by atoms with van der Waals surface area (Å²) in [4.78, 5) is 28.9. The van der Waals surface area contributed by atoms with Crippen molar-refractivity contribution in [3.8, 4) is 0 Å². The van der Waals surface area contributed by atoms with Crippen molar-refractivity contribution in [1.29, 1.82) is 0 Å². The highest BCUT2D eigenvalue weighted by molar-refractivity contribution is 6.06. The summed E-state index contributed by atoms with van der Waals surface area (Å²) in [7, 11) is 0. The van der Waals surface area contributed by atoms with Crippen molar-refractivity contribution in [2.24, 2.45) is 0 Å². The van der Waals surface area contributed by atoms with E-state index in [0.29, 0.717) is 11.3 Å². The van der Waals surface area contributed by atoms with E-state index in [9.17, 15) is 14.0 Å². The number of hydrogen-bond acceptors (Lipinski definition) is 3. The maximum Gasteiger partial charge on any atom is 0.257 e. The average molecular weight is 377 g/mol. The first-order valence-electron chi connectivity index (χ1n) is 8.80. The van der Waals surface area contributed by atoms with Gasteiger partial charge >= 0.3 is 0 Å². The minimum absolute atomic E-state index is 0.0460. The van der Waals surface area contributed by atoms with E-state index >= 15 is 0 Å². The predicted molar refractivity (Wildman–Crippen MR) is 106 cm³/mol. The van der Waals surface area contributed by atoms with Crippen molar-refractivity contribution in [3.63, 3.8) is 0 Å². The molecule has 0 aliphatic rings. The first-order valence-corrected chi connectivity index (χ1v) is 8.80. The number of amides is 2. The first-order chi connectivity index (χ1) is 13.5. The zero-order valence-electron chi connectivity index (χ0n) is 15.6. The highest BCUT2D eigenvalue weighted by Crippen LogP contribution is 2.19. The number of nitrogens with zero attached hydrogens (tertiary/aromatic N) is 1. The highest BCUT2D eigenvalue weighted by Gasteiger charge is 2.13. The van der Waals surface area contributed by atoms with Crippen LogP contribution in [0.15, 0.2) is 60.9 Å². The minimum Gasteiger partial charge on any atom is -0.348 e. The molecule has 0 spiro atoms. The number of rotatable bonds is 5. The lowest BCUT2D eigenvalue weighted by atomic mass is 10.1. The molecule has 2 N–H and O–H groups in total. The first kappa shape index (κ1) is 19.2. The second-order valence-electron chi connectivity index (χ2n) is 6.44. The largest absolute Gasteiger partial charge is 0.348 e. The number of carbonyl (C=O) groups is 2. The van der Waals surface area contributed by atoms with Crippen molar-refractivity contribution >= 4 is 17.5 Å². The third-order valence-corrected chi connectivity index (χ3v) is 4.51. The lowest BCUT2D eigenvalue weighted by Crippen LogP contribution is -2.24. The number of aromatic nitrogens is 1. The SMILES string of the molecule is Cc1cccc(NC(=O)c2cncc(C(=O)NCc3ccccc3F)c2)c1C. The number of hydrogen-bond donors (Lipinski definition) is 2. The maximum atomic E-state index is 13.7. The maximum absolute atomic E-state index is 13.7. The summed E-state index contributed by atoms with van der Waals surface area (Å²) in [6.07, 6.45) is 2.76. The predicted octanol–water partition coefficient (Wildman–Crippen LogP) is 4.02. The van der Waals surface area contributed by atoms with Gasteiger partial charge in [0.2, 0.25) is 0 Å². The van der Waals surface area contributed by atoms with Gasteiger partial charge in [-0.05, 0) is 43.2 Å². The molecule has 0 saturated heterocycles. The fourth-order valence-electron chi connectivity index (χ4n) is 2.69. The molecule has 142 valence electrons. The van der Waals surface area contributed by atoms with Gasteiger partial charge in [-0.1, -0.05) is 30.3 Å². The van der Waals surface area contributed by atoms with Crippen LogP contribution in [0.25, 0.3) is 0 Å². The Labute approximate surface area is 162 Å². The second kappa shape index (κ2) is 8.43. The summed E-state index contributed by atoms with van der Waals surface area (Å²) in [6, 6.07) is 13.3. The fourth-order valence-corrected chi connectivity index (χ4v) is 2.69. The summed E-state index contributed by atoms with van der Waals surface area (Å²) in [5, 5.41) is 5.48. The molecule has 0 fully saturated rings. The minimum atomic E-state index is -0.433. The number of pyridine rings is 1. The third-order valence-electron chi connectivity index (χ3n) is 4.51. The molecule has 0 bridgehead atoms.